The maximum absolute atomic E-state index is 12.8. The molecule has 2 aromatic rings. The van der Waals surface area contributed by atoms with Gasteiger partial charge < -0.3 is 9.88 Å². The number of nitrogens with one attached hydrogen (secondary N) is 1. The van der Waals surface area contributed by atoms with Crippen LogP contribution < -0.4 is 5.32 Å². The Morgan fingerprint density at radius 2 is 1.95 bits per heavy atom. The number of benzene rings is 1. The van der Waals surface area contributed by atoms with Crippen molar-refractivity contribution in [2.45, 2.75) is 25.7 Å². The molecule has 0 saturated carbocycles. The average molecular weight is 320 g/mol. The molecule has 0 aliphatic rings. The highest BCUT2D eigenvalue weighted by Gasteiger charge is 2.32. The molecule has 7 heteroatoms. The van der Waals surface area contributed by atoms with Gasteiger partial charge in [0.05, 0.1) is 11.9 Å². The van der Waals surface area contributed by atoms with Crippen molar-refractivity contribution in [1.29, 1.82) is 0 Å². The van der Waals surface area contributed by atoms with E-state index in [0.29, 0.717) is 6.54 Å². The number of halogens is 4. The fraction of sp³-hybridized carbons (Fsp3) is 0.357. The van der Waals surface area contributed by atoms with E-state index in [9.17, 15) is 13.2 Å². The molecule has 116 valence electrons. The van der Waals surface area contributed by atoms with Crippen LogP contribution in [0, 0.1) is 0 Å². The Bertz CT molecular complexity index is 527. The molecule has 0 bridgehead atoms. The Labute approximate surface area is 127 Å². The Morgan fingerprint density at radius 3 is 2.62 bits per heavy atom. The lowest BCUT2D eigenvalue weighted by atomic mass is 10.1. The topological polar surface area (TPSA) is 29.9 Å². The lowest BCUT2D eigenvalue weighted by Crippen LogP contribution is -2.19. The summed E-state index contributed by atoms with van der Waals surface area (Å²) in [6.07, 6.45) is 1.82. The molecule has 3 nitrogen and oxygen atoms in total. The smallest absolute Gasteiger partial charge is 0.337 e. The molecule has 2 rings (SSSR count). The van der Waals surface area contributed by atoms with E-state index in [1.54, 1.807) is 18.6 Å². The monoisotopic (exact) mass is 319 g/mol. The molecule has 0 spiro atoms. The number of aryl methyl sites for hydroxylation is 1. The highest BCUT2D eigenvalue weighted by atomic mass is 35.5. The second-order valence-electron chi connectivity index (χ2n) is 4.49. The summed E-state index contributed by atoms with van der Waals surface area (Å²) < 4.78 is 40.3. The van der Waals surface area contributed by atoms with Gasteiger partial charge in [0.1, 0.15) is 0 Å². The molecule has 0 fully saturated rings. The molecule has 0 saturated heterocycles. The first-order valence-electron chi connectivity index (χ1n) is 6.39. The third-order valence-corrected chi connectivity index (χ3v) is 2.97. The van der Waals surface area contributed by atoms with Crippen molar-refractivity contribution in [3.05, 3.63) is 54.1 Å². The zero-order valence-electron chi connectivity index (χ0n) is 11.3. The summed E-state index contributed by atoms with van der Waals surface area (Å²) in [5, 5.41) is 3.04. The zero-order valence-corrected chi connectivity index (χ0v) is 12.1. The minimum absolute atomic E-state index is 0. The molecular weight excluding hydrogens is 303 g/mol. The first-order chi connectivity index (χ1) is 9.57. The van der Waals surface area contributed by atoms with Crippen LogP contribution in [0.5, 0.6) is 0 Å². The Balaban J connectivity index is 0.00000220. The molecule has 0 atom stereocenters. The van der Waals surface area contributed by atoms with Gasteiger partial charge in [0.15, 0.2) is 0 Å². The van der Waals surface area contributed by atoms with Crippen LogP contribution in [-0.4, -0.2) is 16.1 Å². The molecule has 1 N–H and O–H groups in total. The molecule has 1 aromatic heterocycles. The predicted molar refractivity (Wildman–Crippen MR) is 77.2 cm³/mol. The van der Waals surface area contributed by atoms with Crippen molar-refractivity contribution in [2.75, 3.05) is 6.54 Å². The van der Waals surface area contributed by atoms with Gasteiger partial charge in [-0.2, -0.15) is 13.2 Å². The number of aromatic nitrogens is 2. The summed E-state index contributed by atoms with van der Waals surface area (Å²) in [5.41, 5.74) is -0.287. The standard InChI is InChI=1S/C14H16F3N3.ClH/c15-14(16,17)13-5-2-1-4-12(13)10-18-6-3-8-20-9-7-19-11-20;/h1-2,4-5,7,9,11,18H,3,6,8,10H2;1H. The first kappa shape index (κ1) is 17.5. The van der Waals surface area contributed by atoms with Gasteiger partial charge in [-0.1, -0.05) is 18.2 Å². The lowest BCUT2D eigenvalue weighted by molar-refractivity contribution is -0.138. The Kier molecular flexibility index (Phi) is 6.71. The number of alkyl halides is 3. The summed E-state index contributed by atoms with van der Waals surface area (Å²) in [7, 11) is 0. The Morgan fingerprint density at radius 1 is 1.19 bits per heavy atom. The second-order valence-corrected chi connectivity index (χ2v) is 4.49. The van der Waals surface area contributed by atoms with Crippen LogP contribution in [0.2, 0.25) is 0 Å². The van der Waals surface area contributed by atoms with Gasteiger partial charge in [-0.25, -0.2) is 4.98 Å². The fourth-order valence-electron chi connectivity index (χ4n) is 1.98. The van der Waals surface area contributed by atoms with Gasteiger partial charge in [0.2, 0.25) is 0 Å². The predicted octanol–water partition coefficient (Wildman–Crippen LogP) is 3.50. The average Bonchev–Trinajstić information content (AvgIpc) is 2.91. The maximum Gasteiger partial charge on any atom is 0.416 e. The minimum atomic E-state index is -4.30. The van der Waals surface area contributed by atoms with Crippen LogP contribution >= 0.6 is 12.4 Å². The number of rotatable bonds is 6. The van der Waals surface area contributed by atoms with E-state index < -0.39 is 11.7 Å². The van der Waals surface area contributed by atoms with Gasteiger partial charge in [-0.15, -0.1) is 12.4 Å². The highest BCUT2D eigenvalue weighted by Crippen LogP contribution is 2.31. The summed E-state index contributed by atoms with van der Waals surface area (Å²) in [6, 6.07) is 5.65. The Hall–Kier alpha value is -1.53. The maximum atomic E-state index is 12.8. The summed E-state index contributed by atoms with van der Waals surface area (Å²) in [5.74, 6) is 0. The molecule has 21 heavy (non-hydrogen) atoms. The van der Waals surface area contributed by atoms with Gasteiger partial charge in [-0.3, -0.25) is 0 Å². The lowest BCUT2D eigenvalue weighted by Gasteiger charge is -2.13. The molecular formula is C14H17ClF3N3. The van der Waals surface area contributed by atoms with Crippen LogP contribution in [0.1, 0.15) is 17.5 Å². The van der Waals surface area contributed by atoms with E-state index in [2.05, 4.69) is 10.3 Å². The summed E-state index contributed by atoms with van der Waals surface area (Å²) >= 11 is 0. The van der Waals surface area contributed by atoms with E-state index in [0.717, 1.165) is 19.0 Å². The van der Waals surface area contributed by atoms with Crippen molar-refractivity contribution < 1.29 is 13.2 Å². The normalized spacial score (nSPS) is 11.2. The molecule has 1 aromatic carbocycles. The van der Waals surface area contributed by atoms with Crippen LogP contribution in [0.3, 0.4) is 0 Å². The van der Waals surface area contributed by atoms with Crippen molar-refractivity contribution >= 4 is 12.4 Å². The molecule has 0 aliphatic heterocycles. The van der Waals surface area contributed by atoms with Crippen molar-refractivity contribution in [3.8, 4) is 0 Å². The third-order valence-electron chi connectivity index (χ3n) is 2.97. The zero-order chi connectivity index (χ0) is 14.4. The van der Waals surface area contributed by atoms with Gasteiger partial charge >= 0.3 is 6.18 Å². The fourth-order valence-corrected chi connectivity index (χ4v) is 1.98. The van der Waals surface area contributed by atoms with Gasteiger partial charge in [0.25, 0.3) is 0 Å². The van der Waals surface area contributed by atoms with Crippen LogP contribution in [-0.2, 0) is 19.3 Å². The molecule has 0 radical (unpaired) electrons. The van der Waals surface area contributed by atoms with Crippen LogP contribution in [0.15, 0.2) is 43.0 Å². The summed E-state index contributed by atoms with van der Waals surface area (Å²) in [6.45, 7) is 1.68. The number of nitrogens with zero attached hydrogens (tertiary/aromatic N) is 2. The number of hydrogen-bond donors (Lipinski definition) is 1. The molecule has 0 unspecified atom stereocenters. The van der Waals surface area contributed by atoms with E-state index in [1.807, 2.05) is 10.8 Å². The summed E-state index contributed by atoms with van der Waals surface area (Å²) in [4.78, 5) is 3.92. The SMILES string of the molecule is Cl.FC(F)(F)c1ccccc1CNCCCn1ccnc1. The number of imidazole rings is 1. The number of hydrogen-bond acceptors (Lipinski definition) is 2. The molecule has 0 amide bonds. The highest BCUT2D eigenvalue weighted by molar-refractivity contribution is 5.85. The van der Waals surface area contributed by atoms with E-state index in [4.69, 9.17) is 0 Å². The third kappa shape index (κ3) is 5.40. The minimum Gasteiger partial charge on any atom is -0.337 e. The quantitative estimate of drug-likeness (QED) is 0.826. The molecule has 0 aliphatic carbocycles. The first-order valence-corrected chi connectivity index (χ1v) is 6.39. The van der Waals surface area contributed by atoms with Crippen molar-refractivity contribution in [3.63, 3.8) is 0 Å². The van der Waals surface area contributed by atoms with Crippen molar-refractivity contribution in [2.24, 2.45) is 0 Å². The van der Waals surface area contributed by atoms with E-state index in [-0.39, 0.29) is 24.5 Å². The largest absolute Gasteiger partial charge is 0.416 e. The van der Waals surface area contributed by atoms with E-state index in [1.165, 1.54) is 12.1 Å². The van der Waals surface area contributed by atoms with Crippen molar-refractivity contribution in [1.82, 2.24) is 14.9 Å². The second kappa shape index (κ2) is 8.05. The van der Waals surface area contributed by atoms with Gasteiger partial charge in [-0.05, 0) is 24.6 Å². The van der Waals surface area contributed by atoms with Gasteiger partial charge in [0, 0.05) is 25.5 Å². The van der Waals surface area contributed by atoms with E-state index >= 15 is 0 Å². The van der Waals surface area contributed by atoms with Crippen LogP contribution in [0.4, 0.5) is 13.2 Å². The van der Waals surface area contributed by atoms with Crippen LogP contribution in [0.25, 0.3) is 0 Å². The molecule has 1 heterocycles.